The van der Waals surface area contributed by atoms with Gasteiger partial charge in [-0.3, -0.25) is 0 Å². The van der Waals surface area contributed by atoms with Gasteiger partial charge in [0.2, 0.25) is 0 Å². The van der Waals surface area contributed by atoms with Gasteiger partial charge >= 0.3 is 0 Å². The predicted molar refractivity (Wildman–Crippen MR) is 80.7 cm³/mol. The molecule has 2 nitrogen and oxygen atoms in total. The first kappa shape index (κ1) is 15.7. The van der Waals surface area contributed by atoms with E-state index in [4.69, 9.17) is 16.3 Å². The molecule has 3 atom stereocenters. The van der Waals surface area contributed by atoms with E-state index in [-0.39, 0.29) is 18.0 Å². The fraction of sp³-hybridized carbons (Fsp3) is 0.625. The molecule has 0 aliphatic carbocycles. The van der Waals surface area contributed by atoms with Gasteiger partial charge in [0, 0.05) is 23.6 Å². The third-order valence-electron chi connectivity index (χ3n) is 4.06. The Morgan fingerprint density at radius 2 is 2.30 bits per heavy atom. The standard InChI is InChI=1S/C16H23ClFNO/c1-3-7-19-16(14-6-8-20-11(14)2)10-12-9-13(17)4-5-15(12)18/h4-5,9,11,14,16,19H,3,6-8,10H2,1-2H3. The molecule has 4 heteroatoms. The summed E-state index contributed by atoms with van der Waals surface area (Å²) in [5, 5.41) is 4.14. The topological polar surface area (TPSA) is 21.3 Å². The number of hydrogen-bond donors (Lipinski definition) is 1. The van der Waals surface area contributed by atoms with E-state index in [1.54, 1.807) is 12.1 Å². The smallest absolute Gasteiger partial charge is 0.126 e. The molecule has 112 valence electrons. The van der Waals surface area contributed by atoms with Gasteiger partial charge in [-0.05, 0) is 56.5 Å². The van der Waals surface area contributed by atoms with E-state index in [1.807, 2.05) is 0 Å². The molecule has 0 bridgehead atoms. The summed E-state index contributed by atoms with van der Waals surface area (Å²) in [4.78, 5) is 0. The van der Waals surface area contributed by atoms with E-state index < -0.39 is 0 Å². The second-order valence-corrected chi connectivity index (χ2v) is 5.97. The molecule has 1 saturated heterocycles. The number of hydrogen-bond acceptors (Lipinski definition) is 2. The summed E-state index contributed by atoms with van der Waals surface area (Å²) in [5.41, 5.74) is 0.685. The van der Waals surface area contributed by atoms with Crippen molar-refractivity contribution in [2.24, 2.45) is 5.92 Å². The molecule has 0 aromatic heterocycles. The minimum absolute atomic E-state index is 0.177. The summed E-state index contributed by atoms with van der Waals surface area (Å²) in [5.74, 6) is 0.254. The van der Waals surface area contributed by atoms with E-state index in [0.29, 0.717) is 22.9 Å². The molecule has 1 aliphatic rings. The van der Waals surface area contributed by atoms with Crippen LogP contribution in [-0.4, -0.2) is 25.3 Å². The van der Waals surface area contributed by atoms with Gasteiger partial charge in [0.15, 0.2) is 0 Å². The van der Waals surface area contributed by atoms with Gasteiger partial charge in [-0.15, -0.1) is 0 Å². The molecule has 1 fully saturated rings. The Morgan fingerprint density at radius 1 is 1.50 bits per heavy atom. The Kier molecular flexibility index (Phi) is 5.82. The summed E-state index contributed by atoms with van der Waals surface area (Å²) < 4.78 is 19.6. The fourth-order valence-electron chi connectivity index (χ4n) is 2.92. The van der Waals surface area contributed by atoms with Crippen molar-refractivity contribution >= 4 is 11.6 Å². The fourth-order valence-corrected chi connectivity index (χ4v) is 3.11. The predicted octanol–water partition coefficient (Wildman–Crippen LogP) is 3.81. The SMILES string of the molecule is CCCNC(Cc1cc(Cl)ccc1F)C1CCOC1C. The first-order valence-electron chi connectivity index (χ1n) is 7.40. The lowest BCUT2D eigenvalue weighted by Crippen LogP contribution is -2.41. The van der Waals surface area contributed by atoms with Crippen molar-refractivity contribution in [2.45, 2.75) is 45.3 Å². The van der Waals surface area contributed by atoms with Crippen LogP contribution in [0, 0.1) is 11.7 Å². The maximum Gasteiger partial charge on any atom is 0.126 e. The van der Waals surface area contributed by atoms with Crippen LogP contribution in [0.3, 0.4) is 0 Å². The lowest BCUT2D eigenvalue weighted by Gasteiger charge is -2.27. The first-order valence-corrected chi connectivity index (χ1v) is 7.78. The Hall–Kier alpha value is -0.640. The summed E-state index contributed by atoms with van der Waals surface area (Å²) in [7, 11) is 0. The van der Waals surface area contributed by atoms with Crippen molar-refractivity contribution < 1.29 is 9.13 Å². The highest BCUT2D eigenvalue weighted by Crippen LogP contribution is 2.27. The molecule has 1 aromatic rings. The van der Waals surface area contributed by atoms with Crippen LogP contribution in [0.4, 0.5) is 4.39 Å². The van der Waals surface area contributed by atoms with Gasteiger partial charge in [0.1, 0.15) is 5.82 Å². The van der Waals surface area contributed by atoms with Crippen molar-refractivity contribution in [3.63, 3.8) is 0 Å². The largest absolute Gasteiger partial charge is 0.378 e. The summed E-state index contributed by atoms with van der Waals surface area (Å²) in [6, 6.07) is 5.01. The van der Waals surface area contributed by atoms with Gasteiger partial charge in [0.05, 0.1) is 6.10 Å². The molecular weight excluding hydrogens is 277 g/mol. The van der Waals surface area contributed by atoms with E-state index >= 15 is 0 Å². The second kappa shape index (κ2) is 7.39. The second-order valence-electron chi connectivity index (χ2n) is 5.53. The van der Waals surface area contributed by atoms with Crippen LogP contribution in [0.15, 0.2) is 18.2 Å². The number of halogens is 2. The molecular formula is C16H23ClFNO. The average molecular weight is 300 g/mol. The summed E-state index contributed by atoms with van der Waals surface area (Å²) in [6.07, 6.45) is 2.98. The highest BCUT2D eigenvalue weighted by molar-refractivity contribution is 6.30. The zero-order valence-electron chi connectivity index (χ0n) is 12.2. The van der Waals surface area contributed by atoms with Gasteiger partial charge < -0.3 is 10.1 Å². The van der Waals surface area contributed by atoms with Crippen molar-refractivity contribution in [2.75, 3.05) is 13.2 Å². The van der Waals surface area contributed by atoms with E-state index in [1.165, 1.54) is 6.07 Å². The van der Waals surface area contributed by atoms with Gasteiger partial charge in [-0.1, -0.05) is 18.5 Å². The van der Waals surface area contributed by atoms with Crippen molar-refractivity contribution in [1.29, 1.82) is 0 Å². The van der Waals surface area contributed by atoms with Gasteiger partial charge in [0.25, 0.3) is 0 Å². The third kappa shape index (κ3) is 3.94. The van der Waals surface area contributed by atoms with Crippen LogP contribution in [0.1, 0.15) is 32.3 Å². The monoisotopic (exact) mass is 299 g/mol. The van der Waals surface area contributed by atoms with Gasteiger partial charge in [-0.25, -0.2) is 4.39 Å². The third-order valence-corrected chi connectivity index (χ3v) is 4.29. The quantitative estimate of drug-likeness (QED) is 0.862. The minimum Gasteiger partial charge on any atom is -0.378 e. The number of ether oxygens (including phenoxy) is 1. The summed E-state index contributed by atoms with van der Waals surface area (Å²) >= 11 is 5.98. The normalized spacial score (nSPS) is 24.0. The molecule has 1 aliphatic heterocycles. The molecule has 0 saturated carbocycles. The van der Waals surface area contributed by atoms with Gasteiger partial charge in [-0.2, -0.15) is 0 Å². The Bertz CT molecular complexity index is 440. The van der Waals surface area contributed by atoms with Crippen molar-refractivity contribution in [1.82, 2.24) is 5.32 Å². The van der Waals surface area contributed by atoms with E-state index in [2.05, 4.69) is 19.2 Å². The molecule has 2 rings (SSSR count). The molecule has 0 amide bonds. The molecule has 0 spiro atoms. The van der Waals surface area contributed by atoms with Crippen LogP contribution in [0.2, 0.25) is 5.02 Å². The van der Waals surface area contributed by atoms with Crippen LogP contribution >= 0.6 is 11.6 Å². The van der Waals surface area contributed by atoms with Crippen molar-refractivity contribution in [3.8, 4) is 0 Å². The molecule has 1 N–H and O–H groups in total. The van der Waals surface area contributed by atoms with Crippen molar-refractivity contribution in [3.05, 3.63) is 34.6 Å². The maximum absolute atomic E-state index is 13.9. The van der Waals surface area contributed by atoms with E-state index in [0.717, 1.165) is 26.0 Å². The zero-order chi connectivity index (χ0) is 14.5. The first-order chi connectivity index (χ1) is 9.61. The Balaban J connectivity index is 2.12. The summed E-state index contributed by atoms with van der Waals surface area (Å²) in [6.45, 7) is 5.98. The highest BCUT2D eigenvalue weighted by Gasteiger charge is 2.32. The number of benzene rings is 1. The molecule has 1 aromatic carbocycles. The van der Waals surface area contributed by atoms with E-state index in [9.17, 15) is 4.39 Å². The Morgan fingerprint density at radius 3 is 2.95 bits per heavy atom. The maximum atomic E-state index is 13.9. The van der Waals surface area contributed by atoms with Crippen LogP contribution < -0.4 is 5.32 Å². The minimum atomic E-state index is -0.177. The van der Waals surface area contributed by atoms with Crippen LogP contribution in [0.25, 0.3) is 0 Å². The lowest BCUT2D eigenvalue weighted by molar-refractivity contribution is 0.0953. The van der Waals surface area contributed by atoms with Crippen LogP contribution in [-0.2, 0) is 11.2 Å². The average Bonchev–Trinajstić information content (AvgIpc) is 2.84. The zero-order valence-corrected chi connectivity index (χ0v) is 12.9. The highest BCUT2D eigenvalue weighted by atomic mass is 35.5. The molecule has 0 radical (unpaired) electrons. The molecule has 1 heterocycles. The number of nitrogens with one attached hydrogen (secondary N) is 1. The lowest BCUT2D eigenvalue weighted by atomic mass is 9.88. The Labute approximate surface area is 125 Å². The molecule has 3 unspecified atom stereocenters. The molecule has 20 heavy (non-hydrogen) atoms. The van der Waals surface area contributed by atoms with Crippen LogP contribution in [0.5, 0.6) is 0 Å². The number of rotatable bonds is 6.